The number of ketones is 1. The highest BCUT2D eigenvalue weighted by atomic mass is 16.1. The van der Waals surface area contributed by atoms with Crippen molar-refractivity contribution >= 4 is 11.7 Å². The van der Waals surface area contributed by atoms with Gasteiger partial charge in [0.1, 0.15) is 0 Å². The highest BCUT2D eigenvalue weighted by molar-refractivity contribution is 5.97. The van der Waals surface area contributed by atoms with E-state index in [9.17, 15) is 9.59 Å². The van der Waals surface area contributed by atoms with Crippen LogP contribution in [0.4, 0.5) is 0 Å². The van der Waals surface area contributed by atoms with Crippen molar-refractivity contribution < 1.29 is 9.59 Å². The Morgan fingerprint density at radius 1 is 1.21 bits per heavy atom. The summed E-state index contributed by atoms with van der Waals surface area (Å²) in [7, 11) is 0. The van der Waals surface area contributed by atoms with Gasteiger partial charge >= 0.3 is 0 Å². The van der Waals surface area contributed by atoms with E-state index in [0.29, 0.717) is 36.6 Å². The van der Waals surface area contributed by atoms with Crippen LogP contribution in [-0.2, 0) is 9.59 Å². The molecule has 0 saturated heterocycles. The summed E-state index contributed by atoms with van der Waals surface area (Å²) in [5.74, 6) is 2.04. The summed E-state index contributed by atoms with van der Waals surface area (Å²) in [5, 5.41) is 0. The van der Waals surface area contributed by atoms with Gasteiger partial charge in [-0.15, -0.1) is 0 Å². The van der Waals surface area contributed by atoms with Crippen LogP contribution in [0.1, 0.15) is 72.1 Å². The summed E-state index contributed by atoms with van der Waals surface area (Å²) in [6.07, 6.45) is 13.4. The van der Waals surface area contributed by atoms with E-state index in [1.807, 2.05) is 0 Å². The van der Waals surface area contributed by atoms with Crippen molar-refractivity contribution in [3.05, 3.63) is 23.4 Å². The molecule has 4 aliphatic carbocycles. The predicted octanol–water partition coefficient (Wildman–Crippen LogP) is 4.21. The van der Waals surface area contributed by atoms with Gasteiger partial charge in [-0.3, -0.25) is 9.59 Å². The molecule has 4 nitrogen and oxygen atoms in total. The van der Waals surface area contributed by atoms with Crippen LogP contribution < -0.4 is 5.73 Å². The van der Waals surface area contributed by atoms with Crippen molar-refractivity contribution in [3.63, 3.8) is 0 Å². The van der Waals surface area contributed by atoms with Gasteiger partial charge in [0, 0.05) is 25.9 Å². The van der Waals surface area contributed by atoms with Crippen molar-refractivity contribution in [1.29, 1.82) is 0 Å². The van der Waals surface area contributed by atoms with Crippen LogP contribution in [0.5, 0.6) is 0 Å². The van der Waals surface area contributed by atoms with Crippen LogP contribution in [0.2, 0.25) is 0 Å². The van der Waals surface area contributed by atoms with Gasteiger partial charge in [0.25, 0.3) is 0 Å². The molecular formula is C24H36N2O2. The normalized spacial score (nSPS) is 39.4. The molecule has 2 N–H and O–H groups in total. The van der Waals surface area contributed by atoms with Gasteiger partial charge in [0.15, 0.2) is 5.78 Å². The number of rotatable bonds is 5. The van der Waals surface area contributed by atoms with E-state index < -0.39 is 0 Å². The molecule has 0 aliphatic heterocycles. The number of hydrogen-bond acceptors (Lipinski definition) is 3. The molecule has 4 rings (SSSR count). The Morgan fingerprint density at radius 2 is 2.00 bits per heavy atom. The number of carbonyl (C=O) groups is 2. The minimum atomic E-state index is -0.304. The Balaban J connectivity index is 1.74. The number of Topliss-reactive ketones (excluding diaryl/α,β-unsaturated/α-hetero) is 1. The number of amides is 1. The van der Waals surface area contributed by atoms with Crippen molar-refractivity contribution in [1.82, 2.24) is 4.90 Å². The summed E-state index contributed by atoms with van der Waals surface area (Å²) in [5.41, 5.74) is 8.09. The van der Waals surface area contributed by atoms with Gasteiger partial charge in [-0.2, -0.15) is 0 Å². The van der Waals surface area contributed by atoms with E-state index in [0.717, 1.165) is 24.6 Å². The number of carbonyl (C=O) groups excluding carboxylic acids is 2. The second-order valence-electron chi connectivity index (χ2n) is 10.1. The summed E-state index contributed by atoms with van der Waals surface area (Å²) in [6, 6.07) is 0. The number of nitrogens with two attached hydrogens (primary N) is 1. The van der Waals surface area contributed by atoms with Crippen molar-refractivity contribution in [2.75, 3.05) is 13.1 Å². The van der Waals surface area contributed by atoms with Crippen LogP contribution in [0.15, 0.2) is 23.4 Å². The quantitative estimate of drug-likeness (QED) is 0.772. The smallest absolute Gasteiger partial charge is 0.219 e. The molecule has 0 aromatic carbocycles. The third-order valence-corrected chi connectivity index (χ3v) is 8.75. The molecule has 0 aromatic heterocycles. The lowest BCUT2D eigenvalue weighted by Gasteiger charge is -2.56. The van der Waals surface area contributed by atoms with E-state index in [2.05, 4.69) is 37.8 Å². The van der Waals surface area contributed by atoms with Gasteiger partial charge in [-0.05, 0) is 73.2 Å². The Morgan fingerprint density at radius 3 is 2.71 bits per heavy atom. The maximum Gasteiger partial charge on any atom is 0.219 e. The number of allylic oxidation sites excluding steroid dienone is 4. The molecule has 0 bridgehead atoms. The fourth-order valence-electron chi connectivity index (χ4n) is 7.13. The summed E-state index contributed by atoms with van der Waals surface area (Å²) >= 11 is 0. The van der Waals surface area contributed by atoms with Gasteiger partial charge in [0.05, 0.1) is 5.70 Å². The molecule has 0 aromatic rings. The summed E-state index contributed by atoms with van der Waals surface area (Å²) in [4.78, 5) is 26.4. The van der Waals surface area contributed by atoms with Gasteiger partial charge in [-0.1, -0.05) is 32.4 Å². The molecule has 4 heteroatoms. The fourth-order valence-corrected chi connectivity index (χ4v) is 7.13. The molecule has 0 spiro atoms. The minimum absolute atomic E-state index is 0.0761. The predicted molar refractivity (Wildman–Crippen MR) is 111 cm³/mol. The first kappa shape index (κ1) is 19.7. The first-order valence-corrected chi connectivity index (χ1v) is 11.3. The zero-order chi connectivity index (χ0) is 20.1. The third-order valence-electron chi connectivity index (χ3n) is 8.75. The maximum absolute atomic E-state index is 13.0. The topological polar surface area (TPSA) is 63.4 Å². The third kappa shape index (κ3) is 2.95. The molecular weight excluding hydrogens is 348 g/mol. The monoisotopic (exact) mass is 384 g/mol. The Hall–Kier alpha value is -1.58. The molecule has 0 radical (unpaired) electrons. The second-order valence-corrected chi connectivity index (χ2v) is 10.1. The fraction of sp³-hybridized carbons (Fsp3) is 0.750. The van der Waals surface area contributed by atoms with Gasteiger partial charge in [0.2, 0.25) is 5.91 Å². The maximum atomic E-state index is 13.0. The molecule has 28 heavy (non-hydrogen) atoms. The molecule has 5 atom stereocenters. The van der Waals surface area contributed by atoms with E-state index in [-0.39, 0.29) is 17.1 Å². The van der Waals surface area contributed by atoms with Crippen LogP contribution in [0, 0.1) is 28.6 Å². The van der Waals surface area contributed by atoms with Gasteiger partial charge < -0.3 is 10.6 Å². The molecule has 2 saturated carbocycles. The van der Waals surface area contributed by atoms with E-state index >= 15 is 0 Å². The largest absolute Gasteiger partial charge is 0.370 e. The molecule has 0 unspecified atom stereocenters. The van der Waals surface area contributed by atoms with Crippen LogP contribution in [-0.4, -0.2) is 29.7 Å². The van der Waals surface area contributed by atoms with Crippen molar-refractivity contribution in [2.24, 2.45) is 34.3 Å². The lowest BCUT2D eigenvalue weighted by atomic mass is 9.49. The zero-order valence-electron chi connectivity index (χ0n) is 17.8. The number of hydrogen-bond donors (Lipinski definition) is 1. The molecule has 4 aliphatic rings. The lowest BCUT2D eigenvalue weighted by molar-refractivity contribution is -0.121. The second kappa shape index (κ2) is 7.03. The average Bonchev–Trinajstić information content (AvgIpc) is 3.05. The molecule has 154 valence electrons. The van der Waals surface area contributed by atoms with E-state index in [1.54, 1.807) is 0 Å². The van der Waals surface area contributed by atoms with Gasteiger partial charge in [-0.25, -0.2) is 0 Å². The highest BCUT2D eigenvalue weighted by Crippen LogP contribution is 2.64. The number of fused-ring (bicyclic) bond motifs is 5. The molecule has 2 fully saturated rings. The number of nitrogens with zero attached hydrogens (tertiary/aromatic N) is 1. The van der Waals surface area contributed by atoms with Crippen molar-refractivity contribution in [3.8, 4) is 0 Å². The highest BCUT2D eigenvalue weighted by Gasteiger charge is 2.56. The lowest BCUT2D eigenvalue weighted by Crippen LogP contribution is -2.49. The SMILES string of the molecule is CCN(CCC(N)=O)C1=C2C=C[C@H]3[C@@H]4CCC[C@@]4(C)CC[C@@H]3[C@@]2(C)CCC1=O. The molecule has 1 amide bonds. The van der Waals surface area contributed by atoms with Crippen LogP contribution >= 0.6 is 0 Å². The molecule has 0 heterocycles. The Bertz CT molecular complexity index is 739. The average molecular weight is 385 g/mol. The summed E-state index contributed by atoms with van der Waals surface area (Å²) < 4.78 is 0. The number of primary amides is 1. The number of likely N-dealkylation sites (N-methyl/N-ethyl adjacent to an activating group) is 1. The standard InChI is InChI=1S/C24H36N2O2/c1-4-26(15-11-21(25)28)22-19-8-7-16-17-6-5-12-23(17,2)13-9-18(16)24(19,3)14-10-20(22)27/h7-8,16-18H,4-6,9-15H2,1-3H3,(H2,25,28)/t16-,17-,18-,23-,24+/m0/s1. The first-order valence-electron chi connectivity index (χ1n) is 11.3. The Labute approximate surface area is 169 Å². The van der Waals surface area contributed by atoms with E-state index in [1.165, 1.54) is 37.7 Å². The van der Waals surface area contributed by atoms with Crippen LogP contribution in [0.3, 0.4) is 0 Å². The summed E-state index contributed by atoms with van der Waals surface area (Å²) in [6.45, 7) is 8.26. The van der Waals surface area contributed by atoms with Crippen LogP contribution in [0.25, 0.3) is 0 Å². The Kier molecular flexibility index (Phi) is 4.96. The van der Waals surface area contributed by atoms with Crippen molar-refractivity contribution in [2.45, 2.75) is 72.1 Å². The first-order chi connectivity index (χ1) is 13.3. The zero-order valence-corrected chi connectivity index (χ0v) is 17.8. The minimum Gasteiger partial charge on any atom is -0.370 e. The van der Waals surface area contributed by atoms with E-state index in [4.69, 9.17) is 5.73 Å².